The van der Waals surface area contributed by atoms with E-state index >= 15 is 0 Å². The largest absolute Gasteiger partial charge is 0.400 e. The van der Waals surface area contributed by atoms with Crippen LogP contribution in [0.25, 0.3) is 0 Å². The van der Waals surface area contributed by atoms with Crippen LogP contribution in [0.2, 0.25) is 0 Å². The second-order valence-corrected chi connectivity index (χ2v) is 4.42. The molecule has 0 radical (unpaired) electrons. The van der Waals surface area contributed by atoms with Crippen LogP contribution in [-0.2, 0) is 19.3 Å². The van der Waals surface area contributed by atoms with E-state index in [0.29, 0.717) is 0 Å². The van der Waals surface area contributed by atoms with Gasteiger partial charge >= 0.3 is 10.4 Å². The van der Waals surface area contributed by atoms with Crippen LogP contribution in [0, 0.1) is 0 Å². The maximum Gasteiger partial charge on any atom is 0.400 e. The highest BCUT2D eigenvalue weighted by molar-refractivity contribution is 7.80. The van der Waals surface area contributed by atoms with Gasteiger partial charge in [-0.1, -0.05) is 0 Å². The molecule has 1 heterocycles. The van der Waals surface area contributed by atoms with Crippen molar-refractivity contribution in [2.75, 3.05) is 6.61 Å². The third kappa shape index (κ3) is 2.90. The van der Waals surface area contributed by atoms with Crippen molar-refractivity contribution in [1.82, 2.24) is 0 Å². The fourth-order valence-electron chi connectivity index (χ4n) is 1.38. The number of rotatable bonds is 3. The average molecular weight is 276 g/mol. The normalized spacial score (nSPS) is 43.6. The van der Waals surface area contributed by atoms with Crippen molar-refractivity contribution in [3.63, 3.8) is 0 Å². The van der Waals surface area contributed by atoms with Gasteiger partial charge in [-0.15, -0.1) is 0 Å². The van der Waals surface area contributed by atoms with Crippen molar-refractivity contribution >= 4 is 10.4 Å². The molecule has 0 unspecified atom stereocenters. The monoisotopic (exact) mass is 276 g/mol. The zero-order valence-electron chi connectivity index (χ0n) is 8.24. The summed E-state index contributed by atoms with van der Waals surface area (Å²) in [5.41, 5.74) is 0. The second-order valence-electron chi connectivity index (χ2n) is 3.40. The summed E-state index contributed by atoms with van der Waals surface area (Å²) in [4.78, 5) is 0. The van der Waals surface area contributed by atoms with Gasteiger partial charge in [0.2, 0.25) is 5.79 Å². The number of ether oxygens (including phenoxy) is 1. The fourth-order valence-corrected chi connectivity index (χ4v) is 1.92. The molecule has 1 aliphatic heterocycles. The summed E-state index contributed by atoms with van der Waals surface area (Å²) in [6, 6.07) is 0. The molecule has 0 aliphatic carbocycles. The van der Waals surface area contributed by atoms with Gasteiger partial charge in [0.25, 0.3) is 0 Å². The van der Waals surface area contributed by atoms with E-state index in [-0.39, 0.29) is 0 Å². The molecule has 0 spiro atoms. The summed E-state index contributed by atoms with van der Waals surface area (Å²) >= 11 is 0. The number of hydrogen-bond donors (Lipinski definition) is 6. The van der Waals surface area contributed by atoms with E-state index in [4.69, 9.17) is 14.8 Å². The molecule has 6 N–H and O–H groups in total. The standard InChI is InChI=1S/C6H12O10S/c7-1-2-3(8)6(11,16-17(12,13)14)4(9)5(10)15-2/h2-5,7-11H,1H2,(H,12,13,14)/t2-,3+,4+,5+,6-/m1/s1. The van der Waals surface area contributed by atoms with Crippen molar-refractivity contribution < 1.29 is 47.4 Å². The third-order valence-corrected chi connectivity index (χ3v) is 2.68. The molecule has 1 rings (SSSR count). The van der Waals surface area contributed by atoms with Crippen LogP contribution in [0.4, 0.5) is 0 Å². The Labute approximate surface area is 95.6 Å². The first-order valence-electron chi connectivity index (χ1n) is 4.32. The van der Waals surface area contributed by atoms with Gasteiger partial charge in [-0.2, -0.15) is 8.42 Å². The predicted molar refractivity (Wildman–Crippen MR) is 47.6 cm³/mol. The lowest BCUT2D eigenvalue weighted by Gasteiger charge is -2.44. The lowest BCUT2D eigenvalue weighted by atomic mass is 9.95. The van der Waals surface area contributed by atoms with Crippen LogP contribution in [-0.4, -0.2) is 75.5 Å². The molecule has 102 valence electrons. The molecule has 1 aliphatic rings. The fraction of sp³-hybridized carbons (Fsp3) is 1.00. The van der Waals surface area contributed by atoms with E-state index in [0.717, 1.165) is 0 Å². The average Bonchev–Trinajstić information content (AvgIpc) is 2.19. The summed E-state index contributed by atoms with van der Waals surface area (Å²) in [6.07, 6.45) is -8.32. The van der Waals surface area contributed by atoms with E-state index < -0.39 is 47.4 Å². The van der Waals surface area contributed by atoms with Crippen molar-refractivity contribution in [3.05, 3.63) is 0 Å². The first-order valence-corrected chi connectivity index (χ1v) is 5.69. The van der Waals surface area contributed by atoms with E-state index in [2.05, 4.69) is 8.92 Å². The van der Waals surface area contributed by atoms with Crippen LogP contribution < -0.4 is 0 Å². The maximum absolute atomic E-state index is 10.5. The Morgan fingerprint density at radius 1 is 1.24 bits per heavy atom. The van der Waals surface area contributed by atoms with Crippen molar-refractivity contribution in [1.29, 1.82) is 0 Å². The molecule has 1 saturated heterocycles. The number of aliphatic hydroxyl groups is 5. The van der Waals surface area contributed by atoms with E-state index in [1.807, 2.05) is 0 Å². The van der Waals surface area contributed by atoms with Crippen molar-refractivity contribution in [2.45, 2.75) is 30.4 Å². The second kappa shape index (κ2) is 4.72. The minimum absolute atomic E-state index is 0.901. The predicted octanol–water partition coefficient (Wildman–Crippen LogP) is -4.07. The lowest BCUT2D eigenvalue weighted by Crippen LogP contribution is -2.68. The number of aliphatic hydroxyl groups excluding tert-OH is 4. The van der Waals surface area contributed by atoms with Crippen molar-refractivity contribution in [2.24, 2.45) is 0 Å². The smallest absolute Gasteiger partial charge is 0.394 e. The van der Waals surface area contributed by atoms with Crippen LogP contribution in [0.5, 0.6) is 0 Å². The molecule has 0 bridgehead atoms. The molecule has 0 amide bonds. The topological polar surface area (TPSA) is 174 Å². The van der Waals surface area contributed by atoms with Gasteiger partial charge in [0, 0.05) is 0 Å². The third-order valence-electron chi connectivity index (χ3n) is 2.20. The van der Waals surface area contributed by atoms with Gasteiger partial charge in [0.15, 0.2) is 12.4 Å². The van der Waals surface area contributed by atoms with Gasteiger partial charge in [-0.3, -0.25) is 4.55 Å². The first kappa shape index (κ1) is 14.7. The summed E-state index contributed by atoms with van der Waals surface area (Å²) in [5, 5.41) is 46.2. The summed E-state index contributed by atoms with van der Waals surface area (Å²) in [6.45, 7) is -0.901. The summed E-state index contributed by atoms with van der Waals surface area (Å²) in [5.74, 6) is -3.24. The Balaban J connectivity index is 3.06. The minimum Gasteiger partial charge on any atom is -0.394 e. The van der Waals surface area contributed by atoms with E-state index in [1.165, 1.54) is 0 Å². The zero-order chi connectivity index (χ0) is 13.4. The Bertz CT molecular complexity index is 367. The van der Waals surface area contributed by atoms with Crippen LogP contribution in [0.3, 0.4) is 0 Å². The maximum atomic E-state index is 10.5. The Morgan fingerprint density at radius 3 is 2.18 bits per heavy atom. The highest BCUT2D eigenvalue weighted by Gasteiger charge is 2.58. The van der Waals surface area contributed by atoms with Gasteiger partial charge in [0.05, 0.1) is 6.61 Å². The SMILES string of the molecule is O=S(=O)(O)O[C@@]1(O)[C@@H](O)[C@@H](O)O[C@H](CO)[C@@H]1O. The number of hydrogen-bond acceptors (Lipinski definition) is 9. The van der Waals surface area contributed by atoms with Gasteiger partial charge in [-0.25, -0.2) is 4.18 Å². The molecule has 10 nitrogen and oxygen atoms in total. The molecule has 0 aromatic carbocycles. The first-order chi connectivity index (χ1) is 7.62. The highest BCUT2D eigenvalue weighted by atomic mass is 32.3. The Morgan fingerprint density at radius 2 is 1.76 bits per heavy atom. The molecule has 0 saturated carbocycles. The van der Waals surface area contributed by atoms with Gasteiger partial charge < -0.3 is 30.3 Å². The molecular formula is C6H12O10S. The molecule has 17 heavy (non-hydrogen) atoms. The van der Waals surface area contributed by atoms with Crippen LogP contribution in [0.15, 0.2) is 0 Å². The van der Waals surface area contributed by atoms with Gasteiger partial charge in [0.1, 0.15) is 12.2 Å². The zero-order valence-corrected chi connectivity index (χ0v) is 9.06. The molecule has 0 aromatic heterocycles. The summed E-state index contributed by atoms with van der Waals surface area (Å²) in [7, 11) is -5.22. The Hall–Kier alpha value is -0.370. The Kier molecular flexibility index (Phi) is 4.08. The summed E-state index contributed by atoms with van der Waals surface area (Å²) < 4.78 is 37.5. The molecule has 0 aromatic rings. The molecule has 5 atom stereocenters. The molecule has 1 fully saturated rings. The van der Waals surface area contributed by atoms with Crippen LogP contribution in [0.1, 0.15) is 0 Å². The van der Waals surface area contributed by atoms with E-state index in [1.54, 1.807) is 0 Å². The van der Waals surface area contributed by atoms with E-state index in [9.17, 15) is 23.7 Å². The molecular weight excluding hydrogens is 264 g/mol. The minimum atomic E-state index is -5.22. The quantitative estimate of drug-likeness (QED) is 0.220. The highest BCUT2D eigenvalue weighted by Crippen LogP contribution is 2.31. The van der Waals surface area contributed by atoms with Crippen LogP contribution >= 0.6 is 0 Å². The van der Waals surface area contributed by atoms with Crippen molar-refractivity contribution in [3.8, 4) is 0 Å². The van der Waals surface area contributed by atoms with Gasteiger partial charge in [-0.05, 0) is 0 Å². The lowest BCUT2D eigenvalue weighted by molar-refractivity contribution is -0.371. The molecule has 11 heteroatoms.